The maximum Gasteiger partial charge on any atom is 0.276 e. The van der Waals surface area contributed by atoms with Crippen LogP contribution in [0, 0.1) is 6.92 Å². The lowest BCUT2D eigenvalue weighted by atomic mass is 10.2. The summed E-state index contributed by atoms with van der Waals surface area (Å²) in [6, 6.07) is 9.44. The Morgan fingerprint density at radius 3 is 2.37 bits per heavy atom. The summed E-state index contributed by atoms with van der Waals surface area (Å²) >= 11 is 0. The summed E-state index contributed by atoms with van der Waals surface area (Å²) in [6.45, 7) is 1.91. The van der Waals surface area contributed by atoms with Gasteiger partial charge in [-0.15, -0.1) is 0 Å². The first-order valence-corrected chi connectivity index (χ1v) is 6.07. The van der Waals surface area contributed by atoms with E-state index in [9.17, 15) is 4.79 Å². The fourth-order valence-electron chi connectivity index (χ4n) is 1.71. The number of hydrogen-bond acceptors (Lipinski definition) is 3. The van der Waals surface area contributed by atoms with Gasteiger partial charge in [-0.1, -0.05) is 0 Å². The smallest absolute Gasteiger partial charge is 0.276 e. The highest BCUT2D eigenvalue weighted by molar-refractivity contribution is 6.02. The van der Waals surface area contributed by atoms with Crippen LogP contribution in [0.2, 0.25) is 0 Å². The quantitative estimate of drug-likeness (QED) is 0.916. The Morgan fingerprint density at radius 1 is 1.26 bits per heavy atom. The highest BCUT2D eigenvalue weighted by Gasteiger charge is 2.11. The van der Waals surface area contributed by atoms with Crippen molar-refractivity contribution in [3.63, 3.8) is 0 Å². The van der Waals surface area contributed by atoms with Crippen molar-refractivity contribution in [3.8, 4) is 0 Å². The predicted octanol–water partition coefficient (Wildman–Crippen LogP) is 2.05. The molecular weight excluding hydrogens is 240 g/mol. The zero-order valence-electron chi connectivity index (χ0n) is 11.6. The molecule has 1 heterocycles. The molecule has 2 aromatic rings. The third kappa shape index (κ3) is 2.93. The van der Waals surface area contributed by atoms with Crippen LogP contribution in [0.1, 0.15) is 16.2 Å². The van der Waals surface area contributed by atoms with E-state index in [-0.39, 0.29) is 5.91 Å². The lowest BCUT2D eigenvalue weighted by molar-refractivity contribution is 0.102. The van der Waals surface area contributed by atoms with Crippen LogP contribution in [0.3, 0.4) is 0 Å². The van der Waals surface area contributed by atoms with Crippen LogP contribution < -0.4 is 10.2 Å². The summed E-state index contributed by atoms with van der Waals surface area (Å²) in [7, 11) is 5.77. The largest absolute Gasteiger partial charge is 0.378 e. The van der Waals surface area contributed by atoms with E-state index >= 15 is 0 Å². The zero-order valence-corrected chi connectivity index (χ0v) is 11.6. The van der Waals surface area contributed by atoms with Gasteiger partial charge in [0, 0.05) is 38.2 Å². The minimum Gasteiger partial charge on any atom is -0.378 e. The van der Waals surface area contributed by atoms with Crippen molar-refractivity contribution in [1.82, 2.24) is 9.78 Å². The molecule has 0 radical (unpaired) electrons. The first-order chi connectivity index (χ1) is 8.97. The van der Waals surface area contributed by atoms with Gasteiger partial charge in [-0.25, -0.2) is 0 Å². The lowest BCUT2D eigenvalue weighted by Gasteiger charge is -2.12. The molecule has 5 heteroatoms. The first kappa shape index (κ1) is 13.1. The number of nitrogens with one attached hydrogen (secondary N) is 1. The van der Waals surface area contributed by atoms with Gasteiger partial charge in [-0.3, -0.25) is 9.48 Å². The molecule has 0 atom stereocenters. The molecular formula is C14H18N4O. The maximum absolute atomic E-state index is 12.0. The van der Waals surface area contributed by atoms with Crippen molar-refractivity contribution in [2.24, 2.45) is 7.05 Å². The number of anilines is 2. The summed E-state index contributed by atoms with van der Waals surface area (Å²) < 4.78 is 1.68. The van der Waals surface area contributed by atoms with Gasteiger partial charge in [0.05, 0.1) is 0 Å². The molecule has 1 aromatic carbocycles. The average molecular weight is 258 g/mol. The predicted molar refractivity (Wildman–Crippen MR) is 76.7 cm³/mol. The van der Waals surface area contributed by atoms with Gasteiger partial charge in [0.2, 0.25) is 0 Å². The second-order valence-corrected chi connectivity index (χ2v) is 4.69. The molecule has 0 unspecified atom stereocenters. The highest BCUT2D eigenvalue weighted by Crippen LogP contribution is 2.16. The Labute approximate surface area is 112 Å². The maximum atomic E-state index is 12.0. The highest BCUT2D eigenvalue weighted by atomic mass is 16.1. The Bertz CT molecular complexity index is 564. The van der Waals surface area contributed by atoms with Gasteiger partial charge < -0.3 is 10.2 Å². The number of amides is 1. The van der Waals surface area contributed by atoms with E-state index in [0.717, 1.165) is 17.1 Å². The van der Waals surface area contributed by atoms with Crippen molar-refractivity contribution in [1.29, 1.82) is 0 Å². The second-order valence-electron chi connectivity index (χ2n) is 4.69. The van der Waals surface area contributed by atoms with Crippen LogP contribution in [0.15, 0.2) is 30.3 Å². The number of carbonyl (C=O) groups excluding carboxylic acids is 1. The fraction of sp³-hybridized carbons (Fsp3) is 0.286. The minimum absolute atomic E-state index is 0.193. The van der Waals surface area contributed by atoms with Crippen LogP contribution in [-0.4, -0.2) is 29.8 Å². The Morgan fingerprint density at radius 2 is 1.89 bits per heavy atom. The molecule has 0 saturated carbocycles. The lowest BCUT2D eigenvalue weighted by Crippen LogP contribution is -2.13. The van der Waals surface area contributed by atoms with E-state index in [1.165, 1.54) is 0 Å². The van der Waals surface area contributed by atoms with Crippen LogP contribution in [0.4, 0.5) is 11.4 Å². The van der Waals surface area contributed by atoms with Gasteiger partial charge in [0.15, 0.2) is 5.69 Å². The Hall–Kier alpha value is -2.30. The van der Waals surface area contributed by atoms with Crippen LogP contribution in [0.5, 0.6) is 0 Å². The Kier molecular flexibility index (Phi) is 3.55. The van der Waals surface area contributed by atoms with Crippen LogP contribution in [-0.2, 0) is 7.05 Å². The molecule has 5 nitrogen and oxygen atoms in total. The minimum atomic E-state index is -0.193. The van der Waals surface area contributed by atoms with E-state index in [0.29, 0.717) is 5.69 Å². The van der Waals surface area contributed by atoms with E-state index in [2.05, 4.69) is 10.4 Å². The monoisotopic (exact) mass is 258 g/mol. The molecule has 100 valence electrons. The van der Waals surface area contributed by atoms with Crippen molar-refractivity contribution >= 4 is 17.3 Å². The third-order valence-electron chi connectivity index (χ3n) is 2.99. The second kappa shape index (κ2) is 5.14. The first-order valence-electron chi connectivity index (χ1n) is 6.07. The topological polar surface area (TPSA) is 50.2 Å². The molecule has 2 rings (SSSR count). The molecule has 1 amide bonds. The molecule has 1 N–H and O–H groups in total. The summed E-state index contributed by atoms with van der Waals surface area (Å²) in [5.74, 6) is -0.193. The molecule has 0 aliphatic carbocycles. The third-order valence-corrected chi connectivity index (χ3v) is 2.99. The number of carbonyl (C=O) groups is 1. The van der Waals surface area contributed by atoms with Crippen LogP contribution in [0.25, 0.3) is 0 Å². The molecule has 0 spiro atoms. The summed E-state index contributed by atoms with van der Waals surface area (Å²) in [5, 5.41) is 6.98. The van der Waals surface area contributed by atoms with Gasteiger partial charge >= 0.3 is 0 Å². The molecule has 0 aliphatic rings. The summed E-state index contributed by atoms with van der Waals surface area (Å²) in [6.07, 6.45) is 0. The van der Waals surface area contributed by atoms with Crippen LogP contribution >= 0.6 is 0 Å². The summed E-state index contributed by atoms with van der Waals surface area (Å²) in [4.78, 5) is 14.0. The molecule has 0 saturated heterocycles. The number of hydrogen-bond donors (Lipinski definition) is 1. The fourth-order valence-corrected chi connectivity index (χ4v) is 1.71. The number of aromatic nitrogens is 2. The van der Waals surface area contributed by atoms with Crippen molar-refractivity contribution in [2.75, 3.05) is 24.3 Å². The van der Waals surface area contributed by atoms with Gasteiger partial charge in [-0.05, 0) is 37.3 Å². The van der Waals surface area contributed by atoms with E-state index in [4.69, 9.17) is 0 Å². The molecule has 0 aliphatic heterocycles. The SMILES string of the molecule is Cc1cc(C(=O)Nc2ccc(N(C)C)cc2)nn1C. The van der Waals surface area contributed by atoms with Gasteiger partial charge in [-0.2, -0.15) is 5.10 Å². The molecule has 0 bridgehead atoms. The van der Waals surface area contributed by atoms with Gasteiger partial charge in [0.1, 0.15) is 0 Å². The zero-order chi connectivity index (χ0) is 14.0. The Balaban J connectivity index is 2.10. The summed E-state index contributed by atoms with van der Waals surface area (Å²) in [5.41, 5.74) is 3.23. The molecule has 1 aromatic heterocycles. The standard InChI is InChI=1S/C14H18N4O/c1-10-9-13(16-18(10)4)14(19)15-11-5-7-12(8-6-11)17(2)3/h5-9H,1-4H3,(H,15,19). The van der Waals surface area contributed by atoms with Crippen molar-refractivity contribution in [2.45, 2.75) is 6.92 Å². The van der Waals surface area contributed by atoms with E-state index in [1.54, 1.807) is 10.7 Å². The van der Waals surface area contributed by atoms with Gasteiger partial charge in [0.25, 0.3) is 5.91 Å². The number of aryl methyl sites for hydroxylation is 2. The number of rotatable bonds is 3. The molecule has 0 fully saturated rings. The van der Waals surface area contributed by atoms with Crippen molar-refractivity contribution in [3.05, 3.63) is 41.7 Å². The average Bonchev–Trinajstić information content (AvgIpc) is 2.70. The van der Waals surface area contributed by atoms with E-state index in [1.807, 2.05) is 57.2 Å². The van der Waals surface area contributed by atoms with Crippen molar-refractivity contribution < 1.29 is 4.79 Å². The normalized spacial score (nSPS) is 10.3. The number of benzene rings is 1. The molecule has 19 heavy (non-hydrogen) atoms. The van der Waals surface area contributed by atoms with E-state index < -0.39 is 0 Å². The number of nitrogens with zero attached hydrogens (tertiary/aromatic N) is 3.